The van der Waals surface area contributed by atoms with E-state index >= 15 is 0 Å². The number of thiophene rings is 1. The maximum atomic E-state index is 10.5. The van der Waals surface area contributed by atoms with E-state index < -0.39 is 6.10 Å². The Labute approximate surface area is 113 Å². The summed E-state index contributed by atoms with van der Waals surface area (Å²) in [6, 6.07) is 6.36. The third-order valence-electron chi connectivity index (χ3n) is 3.63. The Hall–Kier alpha value is -1.12. The number of rotatable bonds is 2. The van der Waals surface area contributed by atoms with Crippen LogP contribution in [0.4, 0.5) is 0 Å². The van der Waals surface area contributed by atoms with E-state index in [9.17, 15) is 5.11 Å². The molecule has 0 saturated carbocycles. The van der Waals surface area contributed by atoms with Gasteiger partial charge >= 0.3 is 0 Å². The van der Waals surface area contributed by atoms with E-state index in [0.717, 1.165) is 16.0 Å². The second-order valence-electron chi connectivity index (χ2n) is 5.08. The molecule has 0 bridgehead atoms. The summed E-state index contributed by atoms with van der Waals surface area (Å²) < 4.78 is 0. The molecule has 2 heteroatoms. The standard InChI is InChI=1S/C16H20OS/c1-9-6-12(4)14(7-10(9)2)16(17)15-8-11(3)13(5)18-15/h6-8,16-17H,1-5H3. The van der Waals surface area contributed by atoms with Gasteiger partial charge in [0.2, 0.25) is 0 Å². The minimum atomic E-state index is -0.498. The van der Waals surface area contributed by atoms with Gasteiger partial charge in [-0.15, -0.1) is 11.3 Å². The quantitative estimate of drug-likeness (QED) is 0.850. The van der Waals surface area contributed by atoms with Crippen molar-refractivity contribution in [3.05, 3.63) is 55.8 Å². The number of aryl methyl sites for hydroxylation is 5. The molecule has 1 nitrogen and oxygen atoms in total. The summed E-state index contributed by atoms with van der Waals surface area (Å²) in [5.74, 6) is 0. The molecule has 0 aliphatic rings. The minimum absolute atomic E-state index is 0.498. The first-order valence-corrected chi connectivity index (χ1v) is 7.04. The molecule has 0 fully saturated rings. The van der Waals surface area contributed by atoms with E-state index in [0.29, 0.717) is 0 Å². The molecule has 0 aliphatic heterocycles. The van der Waals surface area contributed by atoms with E-state index in [2.05, 4.69) is 52.8 Å². The molecule has 1 unspecified atom stereocenters. The Bertz CT molecular complexity index is 562. The van der Waals surface area contributed by atoms with Crippen molar-refractivity contribution >= 4 is 11.3 Å². The molecule has 1 atom stereocenters. The molecule has 0 saturated heterocycles. The Morgan fingerprint density at radius 2 is 1.44 bits per heavy atom. The van der Waals surface area contributed by atoms with Gasteiger partial charge < -0.3 is 5.11 Å². The number of aliphatic hydroxyl groups is 1. The van der Waals surface area contributed by atoms with Gasteiger partial charge in [-0.05, 0) is 68.5 Å². The Kier molecular flexibility index (Phi) is 3.60. The molecule has 1 aromatic heterocycles. The molecular weight excluding hydrogens is 240 g/mol. The highest BCUT2D eigenvalue weighted by Gasteiger charge is 2.16. The molecule has 2 aromatic rings. The number of aliphatic hydroxyl groups excluding tert-OH is 1. The topological polar surface area (TPSA) is 20.2 Å². The fourth-order valence-electron chi connectivity index (χ4n) is 2.17. The van der Waals surface area contributed by atoms with E-state index in [1.54, 1.807) is 11.3 Å². The summed E-state index contributed by atoms with van der Waals surface area (Å²) in [6.07, 6.45) is -0.498. The lowest BCUT2D eigenvalue weighted by atomic mass is 9.96. The van der Waals surface area contributed by atoms with Crippen molar-refractivity contribution in [3.8, 4) is 0 Å². The zero-order valence-corrected chi connectivity index (χ0v) is 12.5. The molecule has 0 radical (unpaired) electrons. The lowest BCUT2D eigenvalue weighted by molar-refractivity contribution is 0.223. The first-order chi connectivity index (χ1) is 8.40. The highest BCUT2D eigenvalue weighted by molar-refractivity contribution is 7.12. The summed E-state index contributed by atoms with van der Waals surface area (Å²) in [4.78, 5) is 2.32. The Morgan fingerprint density at radius 3 is 2.00 bits per heavy atom. The van der Waals surface area contributed by atoms with Crippen molar-refractivity contribution in [1.82, 2.24) is 0 Å². The van der Waals surface area contributed by atoms with Gasteiger partial charge in [0, 0.05) is 9.75 Å². The highest BCUT2D eigenvalue weighted by atomic mass is 32.1. The first kappa shape index (κ1) is 13.3. The summed E-state index contributed by atoms with van der Waals surface area (Å²) in [5.41, 5.74) is 5.96. The van der Waals surface area contributed by atoms with Gasteiger partial charge in [-0.1, -0.05) is 12.1 Å². The van der Waals surface area contributed by atoms with Crippen LogP contribution in [0.5, 0.6) is 0 Å². The van der Waals surface area contributed by atoms with Crippen LogP contribution in [0.15, 0.2) is 18.2 Å². The summed E-state index contributed by atoms with van der Waals surface area (Å²) >= 11 is 1.69. The van der Waals surface area contributed by atoms with Gasteiger partial charge in [0.1, 0.15) is 6.10 Å². The second-order valence-corrected chi connectivity index (χ2v) is 6.37. The molecule has 18 heavy (non-hydrogen) atoms. The molecule has 0 amide bonds. The van der Waals surface area contributed by atoms with Crippen LogP contribution in [0.1, 0.15) is 43.7 Å². The zero-order valence-electron chi connectivity index (χ0n) is 11.7. The van der Waals surface area contributed by atoms with Gasteiger partial charge in [0.25, 0.3) is 0 Å². The largest absolute Gasteiger partial charge is 0.383 e. The molecule has 2 rings (SSSR count). The van der Waals surface area contributed by atoms with Crippen LogP contribution in [0.2, 0.25) is 0 Å². The van der Waals surface area contributed by atoms with E-state index in [1.807, 2.05) is 0 Å². The van der Waals surface area contributed by atoms with Gasteiger partial charge in [-0.2, -0.15) is 0 Å². The molecule has 96 valence electrons. The fourth-order valence-corrected chi connectivity index (χ4v) is 3.21. The van der Waals surface area contributed by atoms with Gasteiger partial charge in [-0.25, -0.2) is 0 Å². The number of hydrogen-bond donors (Lipinski definition) is 1. The third kappa shape index (κ3) is 2.36. The Balaban J connectivity index is 2.45. The average Bonchev–Trinajstić information content (AvgIpc) is 2.63. The lowest BCUT2D eigenvalue weighted by Crippen LogP contribution is -2.01. The predicted octanol–water partition coefficient (Wildman–Crippen LogP) is 4.37. The average molecular weight is 260 g/mol. The maximum absolute atomic E-state index is 10.5. The maximum Gasteiger partial charge on any atom is 0.113 e. The third-order valence-corrected chi connectivity index (χ3v) is 4.84. The van der Waals surface area contributed by atoms with Crippen molar-refractivity contribution < 1.29 is 5.11 Å². The normalized spacial score (nSPS) is 12.8. The molecule has 0 aliphatic carbocycles. The SMILES string of the molecule is Cc1cc(C)c(C(O)c2cc(C)c(C)s2)cc1C. The van der Waals surface area contributed by atoms with Crippen molar-refractivity contribution in [2.24, 2.45) is 0 Å². The molecule has 1 aromatic carbocycles. The monoisotopic (exact) mass is 260 g/mol. The lowest BCUT2D eigenvalue weighted by Gasteiger charge is -2.14. The predicted molar refractivity (Wildman–Crippen MR) is 78.5 cm³/mol. The summed E-state index contributed by atoms with van der Waals surface area (Å²) in [6.45, 7) is 10.5. The number of hydrogen-bond acceptors (Lipinski definition) is 2. The van der Waals surface area contributed by atoms with Crippen LogP contribution in [-0.4, -0.2) is 5.11 Å². The zero-order chi connectivity index (χ0) is 13.4. The van der Waals surface area contributed by atoms with Gasteiger partial charge in [0.15, 0.2) is 0 Å². The van der Waals surface area contributed by atoms with Crippen molar-refractivity contribution in [1.29, 1.82) is 0 Å². The minimum Gasteiger partial charge on any atom is -0.383 e. The highest BCUT2D eigenvalue weighted by Crippen LogP contribution is 2.33. The van der Waals surface area contributed by atoms with Crippen LogP contribution in [-0.2, 0) is 0 Å². The van der Waals surface area contributed by atoms with Crippen molar-refractivity contribution in [2.45, 2.75) is 40.7 Å². The fraction of sp³-hybridized carbons (Fsp3) is 0.375. The van der Waals surface area contributed by atoms with Crippen LogP contribution in [0.25, 0.3) is 0 Å². The van der Waals surface area contributed by atoms with Crippen LogP contribution in [0, 0.1) is 34.6 Å². The van der Waals surface area contributed by atoms with E-state index in [-0.39, 0.29) is 0 Å². The first-order valence-electron chi connectivity index (χ1n) is 6.23. The Morgan fingerprint density at radius 1 is 0.833 bits per heavy atom. The summed E-state index contributed by atoms with van der Waals surface area (Å²) in [5, 5.41) is 10.5. The molecule has 1 N–H and O–H groups in total. The van der Waals surface area contributed by atoms with E-state index in [4.69, 9.17) is 0 Å². The smallest absolute Gasteiger partial charge is 0.113 e. The molecule has 1 heterocycles. The van der Waals surface area contributed by atoms with Crippen LogP contribution >= 0.6 is 11.3 Å². The van der Waals surface area contributed by atoms with E-state index in [1.165, 1.54) is 21.6 Å². The van der Waals surface area contributed by atoms with Crippen LogP contribution in [0.3, 0.4) is 0 Å². The molecular formula is C16H20OS. The van der Waals surface area contributed by atoms with Crippen molar-refractivity contribution in [2.75, 3.05) is 0 Å². The van der Waals surface area contributed by atoms with Crippen LogP contribution < -0.4 is 0 Å². The number of benzene rings is 1. The van der Waals surface area contributed by atoms with Gasteiger partial charge in [0.05, 0.1) is 0 Å². The second kappa shape index (κ2) is 4.87. The van der Waals surface area contributed by atoms with Gasteiger partial charge in [-0.3, -0.25) is 0 Å². The summed E-state index contributed by atoms with van der Waals surface area (Å²) in [7, 11) is 0. The van der Waals surface area contributed by atoms with Crippen molar-refractivity contribution in [3.63, 3.8) is 0 Å². The molecule has 0 spiro atoms.